The first kappa shape index (κ1) is 33.1. The van der Waals surface area contributed by atoms with Crippen LogP contribution in [0, 0.1) is 13.8 Å². The quantitative estimate of drug-likeness (QED) is 0.173. The second-order valence-electron chi connectivity index (χ2n) is 12.8. The Kier molecular flexibility index (Phi) is 10.9. The van der Waals surface area contributed by atoms with Gasteiger partial charge in [0.2, 0.25) is 11.8 Å². The van der Waals surface area contributed by atoms with Crippen molar-refractivity contribution in [3.05, 3.63) is 95.3 Å². The topological polar surface area (TPSA) is 85.9 Å². The van der Waals surface area contributed by atoms with E-state index in [2.05, 4.69) is 87.7 Å². The molecule has 0 aliphatic heterocycles. The van der Waals surface area contributed by atoms with E-state index in [9.17, 15) is 0 Å². The Balaban J connectivity index is 0.000000242. The van der Waals surface area contributed by atoms with Gasteiger partial charge in [0.25, 0.3) is 0 Å². The highest BCUT2D eigenvalue weighted by Crippen LogP contribution is 2.31. The Morgan fingerprint density at radius 2 is 1.26 bits per heavy atom. The first-order valence-corrected chi connectivity index (χ1v) is 14.7. The molecule has 2 heterocycles. The van der Waals surface area contributed by atoms with Crippen LogP contribution in [0.5, 0.6) is 23.3 Å². The molecule has 43 heavy (non-hydrogen) atoms. The van der Waals surface area contributed by atoms with Crippen LogP contribution in [0.3, 0.4) is 0 Å². The van der Waals surface area contributed by atoms with E-state index in [0.29, 0.717) is 17.4 Å². The molecule has 7 heteroatoms. The third kappa shape index (κ3) is 10.1. The first-order chi connectivity index (χ1) is 20.2. The molecule has 2 N–H and O–H groups in total. The molecule has 2 aromatic heterocycles. The molecule has 0 unspecified atom stereocenters. The van der Waals surface area contributed by atoms with Gasteiger partial charge in [-0.05, 0) is 79.1 Å². The maximum Gasteiger partial charge on any atom is 0.222 e. The lowest BCUT2D eigenvalue weighted by atomic mass is 9.87. The van der Waals surface area contributed by atoms with E-state index >= 15 is 0 Å². The van der Waals surface area contributed by atoms with Crippen molar-refractivity contribution in [2.45, 2.75) is 73.1 Å². The second-order valence-corrected chi connectivity index (χ2v) is 12.8. The van der Waals surface area contributed by atoms with E-state index in [1.54, 1.807) is 12.4 Å². The van der Waals surface area contributed by atoms with Crippen molar-refractivity contribution >= 4 is 17.7 Å². The van der Waals surface area contributed by atoms with E-state index in [1.165, 1.54) is 11.1 Å². The van der Waals surface area contributed by atoms with Gasteiger partial charge in [-0.25, -0.2) is 15.0 Å². The summed E-state index contributed by atoms with van der Waals surface area (Å²) in [6.07, 6.45) is 5.15. The predicted octanol–water partition coefficient (Wildman–Crippen LogP) is 9.15. The minimum Gasteiger partial charge on any atom is -0.439 e. The molecule has 2 aromatic carbocycles. The number of anilines is 1. The summed E-state index contributed by atoms with van der Waals surface area (Å²) < 4.78 is 11.8. The molecule has 0 saturated heterocycles. The van der Waals surface area contributed by atoms with E-state index in [0.717, 1.165) is 34.9 Å². The molecule has 0 saturated carbocycles. The molecule has 0 aliphatic carbocycles. The summed E-state index contributed by atoms with van der Waals surface area (Å²) in [5, 5.41) is 0. The Labute approximate surface area is 257 Å². The van der Waals surface area contributed by atoms with Crippen molar-refractivity contribution in [2.24, 2.45) is 4.99 Å². The summed E-state index contributed by atoms with van der Waals surface area (Å²) in [6, 6.07) is 20.1. The number of ether oxygens (including phenoxy) is 2. The number of benzene rings is 2. The van der Waals surface area contributed by atoms with E-state index in [-0.39, 0.29) is 10.8 Å². The van der Waals surface area contributed by atoms with Crippen LogP contribution in [0.2, 0.25) is 0 Å². The molecule has 0 bridgehead atoms. The third-order valence-electron chi connectivity index (χ3n) is 6.80. The molecule has 0 atom stereocenters. The molecular weight excluding hydrogens is 534 g/mol. The van der Waals surface area contributed by atoms with Crippen LogP contribution in [-0.4, -0.2) is 34.8 Å². The summed E-state index contributed by atoms with van der Waals surface area (Å²) in [6.45, 7) is 20.0. The van der Waals surface area contributed by atoms with Gasteiger partial charge >= 0.3 is 0 Å². The number of aliphatic imine (C=N–C) groups is 1. The standard InChI is InChI=1S/C20H27N3O.C16H20N2O/c1-7-23(6)14-22-17-11-15(2)19(21-13-17)24-18-10-8-9-16(12-18)20(3,4)5;1-11-8-13(17)10-18-15(11)19-14-7-5-6-12(9-14)16(2,3)4/h8-14H,7H2,1-6H3;5-10H,17H2,1-4H3. The second kappa shape index (κ2) is 14.2. The number of hydrogen-bond donors (Lipinski definition) is 1. The van der Waals surface area contributed by atoms with Crippen molar-refractivity contribution in [1.29, 1.82) is 0 Å². The number of pyridine rings is 2. The van der Waals surface area contributed by atoms with Gasteiger partial charge in [-0.1, -0.05) is 65.8 Å². The zero-order valence-electron chi connectivity index (χ0n) is 27.4. The minimum atomic E-state index is 0.0890. The molecular formula is C36H47N5O2. The third-order valence-corrected chi connectivity index (χ3v) is 6.80. The van der Waals surface area contributed by atoms with Crippen molar-refractivity contribution < 1.29 is 9.47 Å². The summed E-state index contributed by atoms with van der Waals surface area (Å²) in [5.74, 6) is 2.82. The van der Waals surface area contributed by atoms with Crippen LogP contribution in [-0.2, 0) is 10.8 Å². The Morgan fingerprint density at radius 1 is 0.767 bits per heavy atom. The van der Waals surface area contributed by atoms with Crippen LogP contribution in [0.1, 0.15) is 70.7 Å². The van der Waals surface area contributed by atoms with Crippen molar-refractivity contribution in [2.75, 3.05) is 19.3 Å². The highest BCUT2D eigenvalue weighted by molar-refractivity contribution is 5.61. The van der Waals surface area contributed by atoms with Gasteiger partial charge in [0.15, 0.2) is 0 Å². The normalized spacial score (nSPS) is 11.6. The van der Waals surface area contributed by atoms with Crippen LogP contribution in [0.4, 0.5) is 11.4 Å². The number of aromatic nitrogens is 2. The first-order valence-electron chi connectivity index (χ1n) is 14.7. The van der Waals surface area contributed by atoms with Crippen molar-refractivity contribution in [3.8, 4) is 23.3 Å². The molecule has 7 nitrogen and oxygen atoms in total. The fourth-order valence-corrected chi connectivity index (χ4v) is 3.94. The number of aryl methyl sites for hydroxylation is 2. The predicted molar refractivity (Wildman–Crippen MR) is 179 cm³/mol. The van der Waals surface area contributed by atoms with Crippen molar-refractivity contribution in [3.63, 3.8) is 0 Å². The summed E-state index contributed by atoms with van der Waals surface area (Å²) in [4.78, 5) is 15.1. The zero-order chi connectivity index (χ0) is 31.8. The van der Waals surface area contributed by atoms with Crippen LogP contribution in [0.15, 0.2) is 78.0 Å². The van der Waals surface area contributed by atoms with Gasteiger partial charge in [-0.3, -0.25) is 0 Å². The molecule has 0 spiro atoms. The fourth-order valence-electron chi connectivity index (χ4n) is 3.94. The van der Waals surface area contributed by atoms with Crippen LogP contribution >= 0.6 is 0 Å². The van der Waals surface area contributed by atoms with Crippen LogP contribution < -0.4 is 15.2 Å². The summed E-state index contributed by atoms with van der Waals surface area (Å²) >= 11 is 0. The number of hydrogen-bond acceptors (Lipinski definition) is 6. The van der Waals surface area contributed by atoms with E-state index < -0.39 is 0 Å². The lowest BCUT2D eigenvalue weighted by Gasteiger charge is -2.19. The smallest absolute Gasteiger partial charge is 0.222 e. The molecule has 228 valence electrons. The maximum atomic E-state index is 5.97. The molecule has 0 radical (unpaired) electrons. The highest BCUT2D eigenvalue weighted by atomic mass is 16.5. The number of nitrogen functional groups attached to an aromatic ring is 1. The Morgan fingerprint density at radius 3 is 1.70 bits per heavy atom. The van der Waals surface area contributed by atoms with Crippen molar-refractivity contribution in [1.82, 2.24) is 14.9 Å². The highest BCUT2D eigenvalue weighted by Gasteiger charge is 2.16. The number of rotatable bonds is 7. The average Bonchev–Trinajstić information content (AvgIpc) is 2.94. The molecule has 4 aromatic rings. The summed E-state index contributed by atoms with van der Waals surface area (Å²) in [7, 11) is 1.99. The van der Waals surface area contributed by atoms with Gasteiger partial charge in [0, 0.05) is 24.7 Å². The average molecular weight is 582 g/mol. The van der Waals surface area contributed by atoms with Gasteiger partial charge in [-0.15, -0.1) is 0 Å². The maximum absolute atomic E-state index is 5.97. The minimum absolute atomic E-state index is 0.0890. The molecule has 0 aliphatic rings. The Hall–Kier alpha value is -4.39. The monoisotopic (exact) mass is 581 g/mol. The lowest BCUT2D eigenvalue weighted by Crippen LogP contribution is -2.14. The van der Waals surface area contributed by atoms with Crippen LogP contribution in [0.25, 0.3) is 0 Å². The van der Waals surface area contributed by atoms with E-state index in [4.69, 9.17) is 15.2 Å². The largest absolute Gasteiger partial charge is 0.439 e. The van der Waals surface area contributed by atoms with Gasteiger partial charge in [-0.2, -0.15) is 0 Å². The number of nitrogens with two attached hydrogens (primary N) is 1. The molecule has 0 amide bonds. The lowest BCUT2D eigenvalue weighted by molar-refractivity contribution is 0.456. The SMILES string of the molecule is CCN(C)C=Nc1cnc(Oc2cccc(C(C)(C)C)c2)c(C)c1.Cc1cc(N)cnc1Oc1cccc(C(C)(C)C)c1. The number of nitrogens with zero attached hydrogens (tertiary/aromatic N) is 4. The van der Waals surface area contributed by atoms with Gasteiger partial charge in [0.1, 0.15) is 11.5 Å². The molecule has 4 rings (SSSR count). The molecule has 0 fully saturated rings. The van der Waals surface area contributed by atoms with Gasteiger partial charge in [0.05, 0.1) is 30.1 Å². The Bertz CT molecular complexity index is 1530. The van der Waals surface area contributed by atoms with E-state index in [1.807, 2.05) is 68.5 Å². The van der Waals surface area contributed by atoms with Gasteiger partial charge < -0.3 is 20.1 Å². The zero-order valence-corrected chi connectivity index (χ0v) is 27.4. The summed E-state index contributed by atoms with van der Waals surface area (Å²) in [5.41, 5.74) is 11.7. The fraction of sp³-hybridized carbons (Fsp3) is 0.361.